The number of carbonyl (C=O) groups excluding carboxylic acids is 1. The van der Waals surface area contributed by atoms with Gasteiger partial charge < -0.3 is 9.88 Å². The summed E-state index contributed by atoms with van der Waals surface area (Å²) in [7, 11) is 0. The Hall–Kier alpha value is -1.79. The van der Waals surface area contributed by atoms with Gasteiger partial charge >= 0.3 is 6.18 Å². The summed E-state index contributed by atoms with van der Waals surface area (Å²) in [5, 5.41) is 2.64. The van der Waals surface area contributed by atoms with Crippen LogP contribution in [-0.2, 0) is 17.5 Å². The number of alkyl halides is 3. The van der Waals surface area contributed by atoms with Crippen LogP contribution in [0.1, 0.15) is 51.5 Å². The van der Waals surface area contributed by atoms with Crippen molar-refractivity contribution >= 4 is 5.91 Å². The van der Waals surface area contributed by atoms with E-state index < -0.39 is 29.8 Å². The van der Waals surface area contributed by atoms with E-state index in [1.54, 1.807) is 0 Å². The van der Waals surface area contributed by atoms with Gasteiger partial charge in [0.05, 0.1) is 5.56 Å². The zero-order chi connectivity index (χ0) is 18.2. The molecule has 136 valence electrons. The molecule has 0 saturated carbocycles. The van der Waals surface area contributed by atoms with Crippen LogP contribution in [0.3, 0.4) is 0 Å². The highest BCUT2D eigenvalue weighted by Crippen LogP contribution is 2.27. The number of halogens is 3. The fourth-order valence-electron chi connectivity index (χ4n) is 2.29. The van der Waals surface area contributed by atoms with Crippen LogP contribution in [-0.4, -0.2) is 17.0 Å². The van der Waals surface area contributed by atoms with Crippen molar-refractivity contribution in [1.29, 1.82) is 0 Å². The average Bonchev–Trinajstić information content (AvgIpc) is 2.47. The van der Waals surface area contributed by atoms with Crippen LogP contribution >= 0.6 is 0 Å². The minimum absolute atomic E-state index is 0.407. The van der Waals surface area contributed by atoms with Gasteiger partial charge in [-0.2, -0.15) is 13.2 Å². The Morgan fingerprint density at radius 3 is 2.46 bits per heavy atom. The van der Waals surface area contributed by atoms with Crippen LogP contribution in [0.5, 0.6) is 0 Å². The second kappa shape index (κ2) is 9.49. The lowest BCUT2D eigenvalue weighted by Gasteiger charge is -2.11. The van der Waals surface area contributed by atoms with Crippen molar-refractivity contribution in [3.63, 3.8) is 0 Å². The molecular formula is C17H25F3N2O2. The van der Waals surface area contributed by atoms with Crippen LogP contribution < -0.4 is 10.9 Å². The summed E-state index contributed by atoms with van der Waals surface area (Å²) in [5.74, 6) is 0.231. The van der Waals surface area contributed by atoms with Crippen LogP contribution in [0.4, 0.5) is 13.2 Å². The molecule has 0 saturated heterocycles. The van der Waals surface area contributed by atoms with Crippen molar-refractivity contribution in [1.82, 2.24) is 9.88 Å². The molecule has 1 heterocycles. The van der Waals surface area contributed by atoms with E-state index in [9.17, 15) is 22.8 Å². The second-order valence-corrected chi connectivity index (χ2v) is 6.33. The van der Waals surface area contributed by atoms with E-state index in [-0.39, 0.29) is 0 Å². The Balaban J connectivity index is 2.36. The zero-order valence-electron chi connectivity index (χ0n) is 14.2. The quantitative estimate of drug-likeness (QED) is 0.695. The standard InChI is InChI=1S/C17H25F3N2O2/c1-13(2)7-5-3-4-6-10-21-15(23)12-22-11-14(17(18,19)20)8-9-16(22)24/h8-9,11,13H,3-7,10,12H2,1-2H3,(H,21,23). The first-order valence-electron chi connectivity index (χ1n) is 8.24. The Morgan fingerprint density at radius 1 is 1.17 bits per heavy atom. The molecule has 4 nitrogen and oxygen atoms in total. The Morgan fingerprint density at radius 2 is 1.83 bits per heavy atom. The largest absolute Gasteiger partial charge is 0.417 e. The van der Waals surface area contributed by atoms with E-state index in [0.29, 0.717) is 24.7 Å². The molecule has 0 radical (unpaired) electrons. The highest BCUT2D eigenvalue weighted by Gasteiger charge is 2.31. The number of hydrogen-bond acceptors (Lipinski definition) is 2. The van der Waals surface area contributed by atoms with E-state index in [4.69, 9.17) is 0 Å². The molecule has 0 aliphatic heterocycles. The first kappa shape index (κ1) is 20.3. The zero-order valence-corrected chi connectivity index (χ0v) is 14.2. The minimum atomic E-state index is -4.54. The second-order valence-electron chi connectivity index (χ2n) is 6.33. The molecule has 24 heavy (non-hydrogen) atoms. The van der Waals surface area contributed by atoms with Crippen LogP contribution in [0.2, 0.25) is 0 Å². The highest BCUT2D eigenvalue weighted by molar-refractivity contribution is 5.75. The lowest BCUT2D eigenvalue weighted by molar-refractivity contribution is -0.138. The van der Waals surface area contributed by atoms with Gasteiger partial charge in [-0.25, -0.2) is 0 Å². The van der Waals surface area contributed by atoms with Gasteiger partial charge in [0.25, 0.3) is 5.56 Å². The monoisotopic (exact) mass is 346 g/mol. The molecule has 1 aromatic heterocycles. The first-order chi connectivity index (χ1) is 11.2. The summed E-state index contributed by atoms with van der Waals surface area (Å²) in [5.41, 5.74) is -1.58. The van der Waals surface area contributed by atoms with Crippen molar-refractivity contribution in [3.8, 4) is 0 Å². The molecule has 0 bridgehead atoms. The predicted molar refractivity (Wildman–Crippen MR) is 86.6 cm³/mol. The molecule has 0 spiro atoms. The van der Waals surface area contributed by atoms with E-state index >= 15 is 0 Å². The summed E-state index contributed by atoms with van der Waals surface area (Å²) in [4.78, 5) is 23.3. The number of aromatic nitrogens is 1. The van der Waals surface area contributed by atoms with Crippen molar-refractivity contribution in [3.05, 3.63) is 34.2 Å². The lowest BCUT2D eigenvalue weighted by Crippen LogP contribution is -2.33. The van der Waals surface area contributed by atoms with Crippen molar-refractivity contribution in [2.24, 2.45) is 5.92 Å². The molecule has 1 rings (SSSR count). The van der Waals surface area contributed by atoms with Gasteiger partial charge in [-0.15, -0.1) is 0 Å². The molecule has 0 unspecified atom stereocenters. The Labute approximate surface area is 140 Å². The van der Waals surface area contributed by atoms with Gasteiger partial charge in [0.2, 0.25) is 5.91 Å². The number of carbonyl (C=O) groups is 1. The third kappa shape index (κ3) is 7.66. The van der Waals surface area contributed by atoms with Gasteiger partial charge in [0.15, 0.2) is 0 Å². The maximum atomic E-state index is 12.6. The number of amides is 1. The van der Waals surface area contributed by atoms with Crippen molar-refractivity contribution in [2.45, 2.75) is 58.7 Å². The van der Waals surface area contributed by atoms with E-state index in [2.05, 4.69) is 19.2 Å². The SMILES string of the molecule is CC(C)CCCCCCNC(=O)Cn1cc(C(F)(F)F)ccc1=O. The molecule has 7 heteroatoms. The number of pyridine rings is 1. The maximum absolute atomic E-state index is 12.6. The lowest BCUT2D eigenvalue weighted by atomic mass is 10.0. The Bertz CT molecular complexity index is 580. The third-order valence-electron chi connectivity index (χ3n) is 3.66. The topological polar surface area (TPSA) is 51.1 Å². The molecule has 0 aliphatic rings. The average molecular weight is 346 g/mol. The third-order valence-corrected chi connectivity index (χ3v) is 3.66. The van der Waals surface area contributed by atoms with Gasteiger partial charge in [0.1, 0.15) is 6.54 Å². The molecular weight excluding hydrogens is 321 g/mol. The van der Waals surface area contributed by atoms with Crippen molar-refractivity contribution < 1.29 is 18.0 Å². The van der Waals surface area contributed by atoms with Gasteiger partial charge in [-0.3, -0.25) is 9.59 Å². The summed E-state index contributed by atoms with van der Waals surface area (Å²) >= 11 is 0. The van der Waals surface area contributed by atoms with Crippen molar-refractivity contribution in [2.75, 3.05) is 6.54 Å². The van der Waals surface area contributed by atoms with Gasteiger partial charge in [-0.05, 0) is 18.4 Å². The smallest absolute Gasteiger partial charge is 0.355 e. The summed E-state index contributed by atoms with van der Waals surface area (Å²) in [6.07, 6.45) is 1.39. The fraction of sp³-hybridized carbons (Fsp3) is 0.647. The molecule has 0 fully saturated rings. The molecule has 1 N–H and O–H groups in total. The Kier molecular flexibility index (Phi) is 8.01. The number of hydrogen-bond donors (Lipinski definition) is 1. The first-order valence-corrected chi connectivity index (χ1v) is 8.24. The normalized spacial score (nSPS) is 11.8. The molecule has 0 aromatic carbocycles. The molecule has 1 aromatic rings. The highest BCUT2D eigenvalue weighted by atomic mass is 19.4. The number of unbranched alkanes of at least 4 members (excludes halogenated alkanes) is 3. The molecule has 0 aliphatic carbocycles. The number of nitrogens with one attached hydrogen (secondary N) is 1. The predicted octanol–water partition coefficient (Wildman–Crippen LogP) is 3.59. The van der Waals surface area contributed by atoms with Crippen LogP contribution in [0.15, 0.2) is 23.1 Å². The van der Waals surface area contributed by atoms with Crippen LogP contribution in [0.25, 0.3) is 0 Å². The summed E-state index contributed by atoms with van der Waals surface area (Å²) in [6, 6.07) is 1.54. The van der Waals surface area contributed by atoms with Gasteiger partial charge in [-0.1, -0.05) is 39.5 Å². The summed E-state index contributed by atoms with van der Waals surface area (Å²) < 4.78 is 38.6. The summed E-state index contributed by atoms with van der Waals surface area (Å²) in [6.45, 7) is 4.41. The number of nitrogens with zero attached hydrogens (tertiary/aromatic N) is 1. The van der Waals surface area contributed by atoms with E-state index in [0.717, 1.165) is 36.3 Å². The number of rotatable bonds is 9. The van der Waals surface area contributed by atoms with Crippen LogP contribution in [0, 0.1) is 5.92 Å². The molecule has 1 amide bonds. The van der Waals surface area contributed by atoms with E-state index in [1.807, 2.05) is 0 Å². The van der Waals surface area contributed by atoms with E-state index in [1.165, 1.54) is 6.42 Å². The maximum Gasteiger partial charge on any atom is 0.417 e. The van der Waals surface area contributed by atoms with Gasteiger partial charge in [0, 0.05) is 18.8 Å². The fourth-order valence-corrected chi connectivity index (χ4v) is 2.29. The minimum Gasteiger partial charge on any atom is -0.355 e. The molecule has 0 atom stereocenters.